The maximum atomic E-state index is 3.81. The lowest BCUT2D eigenvalue weighted by molar-refractivity contribution is 0.372. The molecular formula is C11H21NS. The predicted octanol–water partition coefficient (Wildman–Crippen LogP) is 2.82. The quantitative estimate of drug-likeness (QED) is 0.699. The maximum Gasteiger partial charge on any atom is 0.0222 e. The topological polar surface area (TPSA) is 12.0 Å². The lowest BCUT2D eigenvalue weighted by Crippen LogP contribution is -2.44. The number of hydrogen-bond donors (Lipinski definition) is 1. The van der Waals surface area contributed by atoms with Crippen molar-refractivity contribution in [2.45, 2.75) is 49.9 Å². The van der Waals surface area contributed by atoms with Gasteiger partial charge in [-0.25, -0.2) is 0 Å². The van der Waals surface area contributed by atoms with Crippen LogP contribution in [0.4, 0.5) is 0 Å². The average molecular weight is 199 g/mol. The largest absolute Gasteiger partial charge is 0.307 e. The Bertz CT molecular complexity index is 158. The third kappa shape index (κ3) is 3.35. The minimum atomic E-state index is 0.456. The molecule has 0 amide bonds. The minimum absolute atomic E-state index is 0.456. The molecule has 0 heterocycles. The average Bonchev–Trinajstić information content (AvgIpc) is 2.18. The van der Waals surface area contributed by atoms with Gasteiger partial charge in [-0.3, -0.25) is 0 Å². The third-order valence-corrected chi connectivity index (χ3v) is 4.01. The molecule has 3 atom stereocenters. The summed E-state index contributed by atoms with van der Waals surface area (Å²) in [5, 5.41) is 4.45. The van der Waals surface area contributed by atoms with Crippen molar-refractivity contribution in [3.63, 3.8) is 0 Å². The van der Waals surface area contributed by atoms with E-state index in [-0.39, 0.29) is 0 Å². The van der Waals surface area contributed by atoms with E-state index in [1.54, 1.807) is 0 Å². The first-order chi connectivity index (χ1) is 6.27. The van der Waals surface area contributed by atoms with Gasteiger partial charge in [-0.05, 0) is 26.0 Å². The third-order valence-electron chi connectivity index (χ3n) is 2.84. The number of hydrogen-bond acceptors (Lipinski definition) is 2. The Morgan fingerprint density at radius 3 is 2.77 bits per heavy atom. The highest BCUT2D eigenvalue weighted by Crippen LogP contribution is 2.27. The van der Waals surface area contributed by atoms with Crippen LogP contribution in [0.15, 0.2) is 12.7 Å². The first-order valence-electron chi connectivity index (χ1n) is 5.19. The molecule has 0 aromatic carbocycles. The molecule has 0 aliphatic heterocycles. The van der Waals surface area contributed by atoms with Crippen molar-refractivity contribution in [2.75, 3.05) is 6.26 Å². The Balaban J connectivity index is 2.39. The summed E-state index contributed by atoms with van der Waals surface area (Å²) in [6, 6.07) is 1.16. The van der Waals surface area contributed by atoms with Gasteiger partial charge in [0.25, 0.3) is 0 Å². The first-order valence-corrected chi connectivity index (χ1v) is 6.48. The van der Waals surface area contributed by atoms with E-state index >= 15 is 0 Å². The molecule has 0 radical (unpaired) electrons. The molecule has 0 saturated heterocycles. The lowest BCUT2D eigenvalue weighted by Gasteiger charge is -2.32. The SMILES string of the molecule is C=CC(C)NC1CCCCC1SC. The van der Waals surface area contributed by atoms with Gasteiger partial charge in [0.2, 0.25) is 0 Å². The summed E-state index contributed by atoms with van der Waals surface area (Å²) in [5.41, 5.74) is 0. The Kier molecular flexibility index (Phi) is 4.89. The molecule has 0 bridgehead atoms. The smallest absolute Gasteiger partial charge is 0.0222 e. The van der Waals surface area contributed by atoms with Gasteiger partial charge in [0.1, 0.15) is 0 Å². The Labute approximate surface area is 86.4 Å². The standard InChI is InChI=1S/C11H21NS/c1-4-9(2)12-10-7-5-6-8-11(10)13-3/h4,9-12H,1,5-8H2,2-3H3. The molecule has 1 rings (SSSR count). The molecule has 2 heteroatoms. The highest BCUT2D eigenvalue weighted by Gasteiger charge is 2.24. The van der Waals surface area contributed by atoms with Gasteiger partial charge in [0.15, 0.2) is 0 Å². The Morgan fingerprint density at radius 1 is 1.46 bits per heavy atom. The summed E-state index contributed by atoms with van der Waals surface area (Å²) in [6.45, 7) is 5.99. The second kappa shape index (κ2) is 5.71. The minimum Gasteiger partial charge on any atom is -0.307 e. The Hall–Kier alpha value is 0.0500. The van der Waals surface area contributed by atoms with Gasteiger partial charge in [-0.2, -0.15) is 11.8 Å². The normalized spacial score (nSPS) is 31.2. The molecule has 13 heavy (non-hydrogen) atoms. The van der Waals surface area contributed by atoms with Crippen molar-refractivity contribution in [2.24, 2.45) is 0 Å². The van der Waals surface area contributed by atoms with Crippen LogP contribution in [-0.2, 0) is 0 Å². The summed E-state index contributed by atoms with van der Waals surface area (Å²) < 4.78 is 0. The van der Waals surface area contributed by atoms with Crippen LogP contribution in [0.1, 0.15) is 32.6 Å². The number of rotatable bonds is 4. The molecule has 1 saturated carbocycles. The molecule has 0 aromatic heterocycles. The van der Waals surface area contributed by atoms with E-state index in [1.807, 2.05) is 17.8 Å². The van der Waals surface area contributed by atoms with Gasteiger partial charge in [0, 0.05) is 17.3 Å². The van der Waals surface area contributed by atoms with Gasteiger partial charge in [-0.1, -0.05) is 18.9 Å². The van der Waals surface area contributed by atoms with Crippen molar-refractivity contribution in [1.82, 2.24) is 5.32 Å². The summed E-state index contributed by atoms with van der Waals surface area (Å²) >= 11 is 2.01. The fourth-order valence-corrected chi connectivity index (χ4v) is 2.92. The molecule has 1 aliphatic rings. The van der Waals surface area contributed by atoms with Crippen LogP contribution in [0.3, 0.4) is 0 Å². The molecular weight excluding hydrogens is 178 g/mol. The monoisotopic (exact) mass is 199 g/mol. The predicted molar refractivity (Wildman–Crippen MR) is 62.4 cm³/mol. The van der Waals surface area contributed by atoms with Crippen LogP contribution in [0.2, 0.25) is 0 Å². The van der Waals surface area contributed by atoms with Crippen molar-refractivity contribution in [3.05, 3.63) is 12.7 Å². The summed E-state index contributed by atoms with van der Waals surface area (Å²) in [4.78, 5) is 0. The zero-order valence-electron chi connectivity index (χ0n) is 8.75. The summed E-state index contributed by atoms with van der Waals surface area (Å²) in [6.07, 6.45) is 9.73. The zero-order chi connectivity index (χ0) is 9.68. The summed E-state index contributed by atoms with van der Waals surface area (Å²) in [7, 11) is 0. The molecule has 1 nitrogen and oxygen atoms in total. The first kappa shape index (κ1) is 11.1. The zero-order valence-corrected chi connectivity index (χ0v) is 9.57. The van der Waals surface area contributed by atoms with Crippen LogP contribution >= 0.6 is 11.8 Å². The van der Waals surface area contributed by atoms with E-state index in [1.165, 1.54) is 25.7 Å². The van der Waals surface area contributed by atoms with E-state index in [4.69, 9.17) is 0 Å². The van der Waals surface area contributed by atoms with E-state index < -0.39 is 0 Å². The molecule has 3 unspecified atom stereocenters. The Morgan fingerprint density at radius 2 is 2.15 bits per heavy atom. The highest BCUT2D eigenvalue weighted by molar-refractivity contribution is 7.99. The van der Waals surface area contributed by atoms with Gasteiger partial charge < -0.3 is 5.32 Å². The van der Waals surface area contributed by atoms with Crippen LogP contribution in [0.5, 0.6) is 0 Å². The highest BCUT2D eigenvalue weighted by atomic mass is 32.2. The van der Waals surface area contributed by atoms with Crippen LogP contribution in [0.25, 0.3) is 0 Å². The molecule has 0 spiro atoms. The molecule has 1 fully saturated rings. The molecule has 1 aliphatic carbocycles. The second-order valence-electron chi connectivity index (χ2n) is 3.86. The van der Waals surface area contributed by atoms with E-state index in [0.29, 0.717) is 12.1 Å². The fraction of sp³-hybridized carbons (Fsp3) is 0.818. The van der Waals surface area contributed by atoms with Crippen LogP contribution in [-0.4, -0.2) is 23.6 Å². The van der Waals surface area contributed by atoms with Gasteiger partial charge in [-0.15, -0.1) is 6.58 Å². The van der Waals surface area contributed by atoms with Gasteiger partial charge in [0.05, 0.1) is 0 Å². The van der Waals surface area contributed by atoms with E-state index in [2.05, 4.69) is 25.1 Å². The molecule has 1 N–H and O–H groups in total. The maximum absolute atomic E-state index is 3.81. The van der Waals surface area contributed by atoms with E-state index in [0.717, 1.165) is 5.25 Å². The van der Waals surface area contributed by atoms with Crippen molar-refractivity contribution >= 4 is 11.8 Å². The second-order valence-corrected chi connectivity index (χ2v) is 4.93. The van der Waals surface area contributed by atoms with Gasteiger partial charge >= 0.3 is 0 Å². The number of nitrogens with one attached hydrogen (secondary N) is 1. The van der Waals surface area contributed by atoms with Crippen molar-refractivity contribution < 1.29 is 0 Å². The lowest BCUT2D eigenvalue weighted by atomic mass is 9.94. The van der Waals surface area contributed by atoms with Crippen LogP contribution in [0, 0.1) is 0 Å². The number of thioether (sulfide) groups is 1. The molecule has 76 valence electrons. The van der Waals surface area contributed by atoms with Crippen LogP contribution < -0.4 is 5.32 Å². The van der Waals surface area contributed by atoms with Crippen molar-refractivity contribution in [1.29, 1.82) is 0 Å². The summed E-state index contributed by atoms with van der Waals surface area (Å²) in [5.74, 6) is 0. The fourth-order valence-electron chi connectivity index (χ4n) is 1.98. The van der Waals surface area contributed by atoms with Crippen molar-refractivity contribution in [3.8, 4) is 0 Å². The van der Waals surface area contributed by atoms with E-state index in [9.17, 15) is 0 Å². The molecule has 0 aromatic rings.